The van der Waals surface area contributed by atoms with Gasteiger partial charge in [-0.05, 0) is 77.0 Å². The maximum atomic E-state index is 13.2. The summed E-state index contributed by atoms with van der Waals surface area (Å²) in [6, 6.07) is -0.937. The minimum atomic E-state index is -1.79. The van der Waals surface area contributed by atoms with Crippen molar-refractivity contribution in [2.75, 3.05) is 19.8 Å². The fraction of sp³-hybridized carbons (Fsp3) is 0.806. The van der Waals surface area contributed by atoms with Gasteiger partial charge in [0, 0.05) is 6.42 Å². The van der Waals surface area contributed by atoms with E-state index >= 15 is 0 Å². The summed E-state index contributed by atoms with van der Waals surface area (Å²) < 4.78 is 22.7. The molecule has 1 amide bonds. The van der Waals surface area contributed by atoms with Gasteiger partial charge in [0.2, 0.25) is 5.91 Å². The first-order valence-electron chi connectivity index (χ1n) is 32.7. The SMILES string of the molecule is CC/C=C/CC/C=C/CC/C=C/C(O)C(COC1OC(CO)C(OC2OC(CO)C(O)C(O)C2O)C(O)C1O)NC(=O)CCCCCCCCCCCCCCCCCCCCCCCC/C=C\C/C=C\C/C=C\CCCCCCC. The molecule has 2 aliphatic heterocycles. The van der Waals surface area contributed by atoms with Crippen LogP contribution in [-0.2, 0) is 23.7 Å². The Kier molecular flexibility index (Phi) is 47.7. The van der Waals surface area contributed by atoms with Crippen molar-refractivity contribution in [3.8, 4) is 0 Å². The lowest BCUT2D eigenvalue weighted by Gasteiger charge is -2.46. The Balaban J connectivity index is 1.56. The molecule has 12 atom stereocenters. The van der Waals surface area contributed by atoms with Crippen LogP contribution in [0.15, 0.2) is 72.9 Å². The molecule has 2 rings (SSSR count). The van der Waals surface area contributed by atoms with Gasteiger partial charge in [-0.15, -0.1) is 0 Å². The van der Waals surface area contributed by atoms with E-state index in [0.29, 0.717) is 12.8 Å². The van der Waals surface area contributed by atoms with Gasteiger partial charge in [-0.25, -0.2) is 0 Å². The predicted octanol–water partition coefficient (Wildman–Crippen LogP) is 12.3. The van der Waals surface area contributed by atoms with Gasteiger partial charge in [-0.3, -0.25) is 4.79 Å². The maximum absolute atomic E-state index is 13.2. The summed E-state index contributed by atoms with van der Waals surface area (Å²) in [5.74, 6) is -0.255. The molecule has 0 bridgehead atoms. The van der Waals surface area contributed by atoms with Crippen molar-refractivity contribution in [2.45, 2.75) is 325 Å². The van der Waals surface area contributed by atoms with E-state index in [1.54, 1.807) is 6.08 Å². The molecule has 0 saturated carbocycles. The highest BCUT2D eigenvalue weighted by Gasteiger charge is 2.51. The summed E-state index contributed by atoms with van der Waals surface area (Å²) in [5, 5.41) is 86.9. The highest BCUT2D eigenvalue weighted by atomic mass is 16.7. The number of rotatable bonds is 52. The average Bonchev–Trinajstić information content (AvgIpc) is 3.55. The lowest BCUT2D eigenvalue weighted by molar-refractivity contribution is -0.359. The Morgan fingerprint density at radius 3 is 1.35 bits per heavy atom. The van der Waals surface area contributed by atoms with Crippen molar-refractivity contribution in [3.63, 3.8) is 0 Å². The summed E-state index contributed by atoms with van der Waals surface area (Å²) in [6.45, 7) is 2.63. The number of hydrogen-bond donors (Lipinski definition) is 9. The second kappa shape index (κ2) is 51.8. The Morgan fingerprint density at radius 1 is 0.457 bits per heavy atom. The molecule has 0 aliphatic carbocycles. The minimum Gasteiger partial charge on any atom is -0.394 e. The lowest BCUT2D eigenvalue weighted by Crippen LogP contribution is -2.65. The number of aliphatic hydroxyl groups excluding tert-OH is 8. The quantitative estimate of drug-likeness (QED) is 0.0204. The van der Waals surface area contributed by atoms with Gasteiger partial charge < -0.3 is 65.1 Å². The Bertz CT molecular complexity index is 1630. The van der Waals surface area contributed by atoms with Crippen LogP contribution in [0.5, 0.6) is 0 Å². The molecule has 12 unspecified atom stereocenters. The van der Waals surface area contributed by atoms with Crippen molar-refractivity contribution in [1.29, 1.82) is 0 Å². The van der Waals surface area contributed by atoms with Crippen LogP contribution in [0.2, 0.25) is 0 Å². The van der Waals surface area contributed by atoms with Crippen LogP contribution in [0.1, 0.15) is 251 Å². The maximum Gasteiger partial charge on any atom is 0.220 e. The van der Waals surface area contributed by atoms with E-state index in [4.69, 9.17) is 18.9 Å². The molecule has 0 aromatic carbocycles. The van der Waals surface area contributed by atoms with Crippen LogP contribution in [0.4, 0.5) is 0 Å². The third kappa shape index (κ3) is 36.8. The first kappa shape index (κ1) is 74.5. The zero-order chi connectivity index (χ0) is 58.8. The number of aliphatic hydroxyl groups is 8. The van der Waals surface area contributed by atoms with E-state index in [0.717, 1.165) is 57.8 Å². The summed E-state index contributed by atoms with van der Waals surface area (Å²) >= 11 is 0. The molecule has 2 heterocycles. The minimum absolute atomic E-state index is 0.255. The number of carbonyl (C=O) groups is 1. The average molecular weight is 1150 g/mol. The van der Waals surface area contributed by atoms with E-state index in [1.165, 1.54) is 161 Å². The molecule has 0 aromatic heterocycles. The van der Waals surface area contributed by atoms with Crippen molar-refractivity contribution in [2.24, 2.45) is 0 Å². The van der Waals surface area contributed by atoms with Crippen LogP contribution in [0.3, 0.4) is 0 Å². The van der Waals surface area contributed by atoms with E-state index in [1.807, 2.05) is 6.08 Å². The largest absolute Gasteiger partial charge is 0.394 e. The zero-order valence-electron chi connectivity index (χ0n) is 50.8. The fourth-order valence-corrected chi connectivity index (χ4v) is 10.4. The molecule has 2 fully saturated rings. The van der Waals surface area contributed by atoms with Gasteiger partial charge in [-0.2, -0.15) is 0 Å². The van der Waals surface area contributed by atoms with Crippen LogP contribution in [0.25, 0.3) is 0 Å². The molecule has 0 aromatic rings. The first-order chi connectivity index (χ1) is 39.6. The van der Waals surface area contributed by atoms with Crippen LogP contribution < -0.4 is 5.32 Å². The van der Waals surface area contributed by atoms with Crippen LogP contribution in [-0.4, -0.2) is 140 Å². The normalized spacial score (nSPS) is 24.6. The van der Waals surface area contributed by atoms with Gasteiger partial charge in [0.1, 0.15) is 48.8 Å². The molecule has 9 N–H and O–H groups in total. The summed E-state index contributed by atoms with van der Waals surface area (Å²) in [6.07, 6.45) is 52.9. The second-order valence-corrected chi connectivity index (χ2v) is 22.8. The van der Waals surface area contributed by atoms with Crippen molar-refractivity contribution < 1.29 is 64.6 Å². The molecule has 0 spiro atoms. The van der Waals surface area contributed by atoms with E-state index in [-0.39, 0.29) is 18.9 Å². The van der Waals surface area contributed by atoms with Gasteiger partial charge in [0.05, 0.1) is 32.0 Å². The zero-order valence-corrected chi connectivity index (χ0v) is 50.8. The van der Waals surface area contributed by atoms with Crippen LogP contribution in [0, 0.1) is 0 Å². The number of hydrogen-bond acceptors (Lipinski definition) is 13. The molecule has 470 valence electrons. The summed E-state index contributed by atoms with van der Waals surface area (Å²) in [4.78, 5) is 13.2. The fourth-order valence-electron chi connectivity index (χ4n) is 10.4. The molecule has 2 aliphatic rings. The molecule has 2 saturated heterocycles. The van der Waals surface area contributed by atoms with Crippen LogP contribution >= 0.6 is 0 Å². The molecule has 14 nitrogen and oxygen atoms in total. The lowest BCUT2D eigenvalue weighted by atomic mass is 9.97. The van der Waals surface area contributed by atoms with Gasteiger partial charge >= 0.3 is 0 Å². The Labute approximate surface area is 491 Å². The van der Waals surface area contributed by atoms with E-state index in [2.05, 4.69) is 79.9 Å². The predicted molar refractivity (Wildman–Crippen MR) is 327 cm³/mol. The Hall–Kier alpha value is -2.57. The number of unbranched alkanes of at least 4 members (excludes halogenated alkanes) is 29. The number of carbonyl (C=O) groups excluding carboxylic acids is 1. The number of nitrogens with one attached hydrogen (secondary N) is 1. The third-order valence-electron chi connectivity index (χ3n) is 15.6. The molecule has 14 heteroatoms. The van der Waals surface area contributed by atoms with E-state index < -0.39 is 86.8 Å². The van der Waals surface area contributed by atoms with Crippen molar-refractivity contribution in [3.05, 3.63) is 72.9 Å². The number of ether oxygens (including phenoxy) is 4. The summed E-state index contributed by atoms with van der Waals surface area (Å²) in [7, 11) is 0. The molecule has 0 radical (unpaired) electrons. The van der Waals surface area contributed by atoms with Gasteiger partial charge in [-0.1, -0.05) is 241 Å². The highest BCUT2D eigenvalue weighted by Crippen LogP contribution is 2.30. The van der Waals surface area contributed by atoms with Gasteiger partial charge in [0.15, 0.2) is 12.6 Å². The number of allylic oxidation sites excluding steroid dienone is 11. The number of amides is 1. The summed E-state index contributed by atoms with van der Waals surface area (Å²) in [5.41, 5.74) is 0. The van der Waals surface area contributed by atoms with Crippen molar-refractivity contribution in [1.82, 2.24) is 5.32 Å². The smallest absolute Gasteiger partial charge is 0.220 e. The van der Waals surface area contributed by atoms with Crippen molar-refractivity contribution >= 4 is 5.91 Å². The molecular weight excluding hydrogens is 1030 g/mol. The standard InChI is InChI=1S/C67H119NO13/c1-3-5-7-9-11-13-15-16-17-18-19-20-21-22-23-24-25-26-27-28-29-30-31-32-33-34-35-36-37-38-39-40-41-43-45-47-49-51-59(72)68-55(56(71)50-48-46-44-42-14-12-10-8-6-4-2)54-78-66-64(77)62(75)65(58(53-70)80-66)81-67-63(76)61(74)60(73)57(52-69)79-67/h6,8,14-16,18-19,21-22,42,48,50,55-58,60-67,69-71,73-77H,3-5,7,9-13,17,20,23-41,43-47,49,51-54H2,1-2H3,(H,68,72)/b8-6+,16-15-,19-18-,22-21-,42-14+,50-48+. The monoisotopic (exact) mass is 1150 g/mol. The molecular formula is C67H119NO13. The second-order valence-electron chi connectivity index (χ2n) is 22.8. The first-order valence-corrected chi connectivity index (χ1v) is 32.7. The highest BCUT2D eigenvalue weighted by molar-refractivity contribution is 5.76. The van der Waals surface area contributed by atoms with E-state index in [9.17, 15) is 45.6 Å². The Morgan fingerprint density at radius 2 is 0.864 bits per heavy atom. The topological polar surface area (TPSA) is 228 Å². The molecule has 81 heavy (non-hydrogen) atoms. The third-order valence-corrected chi connectivity index (χ3v) is 15.6. The van der Waals surface area contributed by atoms with Gasteiger partial charge in [0.25, 0.3) is 0 Å².